The first-order valence-electron chi connectivity index (χ1n) is 5.18. The smallest absolute Gasteiger partial charge is 0.0832 e. The van der Waals surface area contributed by atoms with E-state index in [4.69, 9.17) is 16.7 Å². The van der Waals surface area contributed by atoms with Crippen LogP contribution in [0.25, 0.3) is 5.69 Å². The van der Waals surface area contributed by atoms with Crippen LogP contribution in [0.15, 0.2) is 28.9 Å². The van der Waals surface area contributed by atoms with Crippen LogP contribution in [0.2, 0.25) is 5.02 Å². The van der Waals surface area contributed by atoms with Crippen molar-refractivity contribution in [1.29, 1.82) is 0 Å². The quantitative estimate of drug-likeness (QED) is 0.943. The molecule has 90 valence electrons. The van der Waals surface area contributed by atoms with Gasteiger partial charge < -0.3 is 5.11 Å². The highest BCUT2D eigenvalue weighted by Crippen LogP contribution is 2.24. The Morgan fingerprint density at radius 2 is 2.24 bits per heavy atom. The van der Waals surface area contributed by atoms with Gasteiger partial charge in [0.05, 0.1) is 17.6 Å². The Balaban J connectivity index is 2.24. The molecule has 0 aliphatic rings. The number of aromatic nitrogens is 3. The van der Waals surface area contributed by atoms with Crippen LogP contribution in [0.5, 0.6) is 0 Å². The number of halogens is 2. The minimum absolute atomic E-state index is 0.164. The van der Waals surface area contributed by atoms with E-state index in [2.05, 4.69) is 26.2 Å². The summed E-state index contributed by atoms with van der Waals surface area (Å²) in [5.41, 5.74) is 1.75. The Morgan fingerprint density at radius 1 is 1.41 bits per heavy atom. The molecule has 1 N–H and O–H groups in total. The average molecular weight is 317 g/mol. The van der Waals surface area contributed by atoms with Gasteiger partial charge in [-0.1, -0.05) is 16.8 Å². The summed E-state index contributed by atoms with van der Waals surface area (Å²) in [6, 6.07) is 5.49. The van der Waals surface area contributed by atoms with Crippen molar-refractivity contribution in [1.82, 2.24) is 15.0 Å². The topological polar surface area (TPSA) is 50.9 Å². The Kier molecular flexibility index (Phi) is 4.15. The van der Waals surface area contributed by atoms with Crippen LogP contribution in [-0.2, 0) is 6.42 Å². The molecule has 0 saturated heterocycles. The zero-order chi connectivity index (χ0) is 12.3. The zero-order valence-electron chi connectivity index (χ0n) is 8.98. The highest BCUT2D eigenvalue weighted by atomic mass is 79.9. The molecule has 0 unspecified atom stereocenters. The molecule has 17 heavy (non-hydrogen) atoms. The molecule has 0 aliphatic heterocycles. The van der Waals surface area contributed by atoms with Crippen LogP contribution in [0.1, 0.15) is 12.1 Å². The number of hydrogen-bond acceptors (Lipinski definition) is 3. The van der Waals surface area contributed by atoms with Crippen molar-refractivity contribution >= 4 is 27.5 Å². The minimum atomic E-state index is 0.164. The molecule has 0 atom stereocenters. The van der Waals surface area contributed by atoms with E-state index in [-0.39, 0.29) is 6.61 Å². The summed E-state index contributed by atoms with van der Waals surface area (Å²) in [5.74, 6) is 0. The van der Waals surface area contributed by atoms with Gasteiger partial charge in [0.15, 0.2) is 0 Å². The van der Waals surface area contributed by atoms with Crippen molar-refractivity contribution in [2.24, 2.45) is 0 Å². The van der Waals surface area contributed by atoms with E-state index in [9.17, 15) is 0 Å². The average Bonchev–Trinajstić information content (AvgIpc) is 2.75. The van der Waals surface area contributed by atoms with Crippen LogP contribution in [0, 0.1) is 0 Å². The predicted octanol–water partition coefficient (Wildman–Crippen LogP) is 2.61. The van der Waals surface area contributed by atoms with Crippen molar-refractivity contribution in [3.63, 3.8) is 0 Å². The number of rotatable bonds is 4. The zero-order valence-corrected chi connectivity index (χ0v) is 11.3. The van der Waals surface area contributed by atoms with Gasteiger partial charge in [-0.25, -0.2) is 4.68 Å². The molecule has 2 rings (SSSR count). The van der Waals surface area contributed by atoms with Gasteiger partial charge in [0.1, 0.15) is 0 Å². The molecule has 0 fully saturated rings. The standard InChI is InChI=1S/C11H11BrClN3O/c12-10-6-8(13)3-4-11(10)16-7-9(14-15-16)2-1-5-17/h3-4,6-7,17H,1-2,5H2. The fourth-order valence-electron chi connectivity index (χ4n) is 1.46. The van der Waals surface area contributed by atoms with Gasteiger partial charge in [-0.3, -0.25) is 0 Å². The first-order chi connectivity index (χ1) is 8.20. The summed E-state index contributed by atoms with van der Waals surface area (Å²) in [7, 11) is 0. The number of nitrogens with zero attached hydrogens (tertiary/aromatic N) is 3. The van der Waals surface area contributed by atoms with Crippen LogP contribution in [-0.4, -0.2) is 26.7 Å². The highest BCUT2D eigenvalue weighted by Gasteiger charge is 2.06. The van der Waals surface area contributed by atoms with Crippen LogP contribution < -0.4 is 0 Å². The molecular weight excluding hydrogens is 305 g/mol. The van der Waals surface area contributed by atoms with E-state index in [0.29, 0.717) is 11.4 Å². The summed E-state index contributed by atoms with van der Waals surface area (Å²) in [6.45, 7) is 0.164. The second-order valence-corrected chi connectivity index (χ2v) is 4.87. The van der Waals surface area contributed by atoms with Gasteiger partial charge in [0.25, 0.3) is 0 Å². The maximum atomic E-state index is 8.75. The van der Waals surface area contributed by atoms with E-state index >= 15 is 0 Å². The lowest BCUT2D eigenvalue weighted by atomic mass is 10.2. The Labute approximate surface area is 112 Å². The highest BCUT2D eigenvalue weighted by molar-refractivity contribution is 9.10. The van der Waals surface area contributed by atoms with Crippen molar-refractivity contribution in [3.05, 3.63) is 39.6 Å². The van der Waals surface area contributed by atoms with Crippen LogP contribution in [0.4, 0.5) is 0 Å². The van der Waals surface area contributed by atoms with Gasteiger partial charge in [-0.05, 0) is 47.0 Å². The van der Waals surface area contributed by atoms with E-state index in [1.165, 1.54) is 0 Å². The minimum Gasteiger partial charge on any atom is -0.396 e. The summed E-state index contributed by atoms with van der Waals surface area (Å²) in [5, 5.41) is 17.5. The maximum Gasteiger partial charge on any atom is 0.0832 e. The third-order valence-corrected chi connectivity index (χ3v) is 3.16. The van der Waals surface area contributed by atoms with Crippen molar-refractivity contribution in [3.8, 4) is 5.69 Å². The Morgan fingerprint density at radius 3 is 2.94 bits per heavy atom. The third kappa shape index (κ3) is 3.06. The molecular formula is C11H11BrClN3O. The van der Waals surface area contributed by atoms with E-state index in [1.807, 2.05) is 18.3 Å². The SMILES string of the molecule is OCCCc1cn(-c2ccc(Cl)cc2Br)nn1. The molecule has 0 aliphatic carbocycles. The summed E-state index contributed by atoms with van der Waals surface area (Å²) < 4.78 is 2.55. The molecule has 1 heterocycles. The van der Waals surface area contributed by atoms with Gasteiger partial charge >= 0.3 is 0 Å². The van der Waals surface area contributed by atoms with Crippen LogP contribution >= 0.6 is 27.5 Å². The molecule has 0 amide bonds. The second-order valence-electron chi connectivity index (χ2n) is 3.58. The molecule has 0 radical (unpaired) electrons. The first kappa shape index (κ1) is 12.5. The van der Waals surface area contributed by atoms with Crippen LogP contribution in [0.3, 0.4) is 0 Å². The normalized spacial score (nSPS) is 10.8. The van der Waals surface area contributed by atoms with Crippen molar-refractivity contribution in [2.75, 3.05) is 6.61 Å². The number of aliphatic hydroxyl groups excluding tert-OH is 1. The van der Waals surface area contributed by atoms with Gasteiger partial charge in [0, 0.05) is 16.1 Å². The molecule has 2 aromatic rings. The third-order valence-electron chi connectivity index (χ3n) is 2.29. The molecule has 4 nitrogen and oxygen atoms in total. The summed E-state index contributed by atoms with van der Waals surface area (Å²) >= 11 is 9.31. The van der Waals surface area contributed by atoms with Gasteiger partial charge in [-0.15, -0.1) is 5.10 Å². The van der Waals surface area contributed by atoms with E-state index in [0.717, 1.165) is 22.3 Å². The maximum absolute atomic E-state index is 8.75. The first-order valence-corrected chi connectivity index (χ1v) is 6.35. The Bertz CT molecular complexity index is 515. The molecule has 0 bridgehead atoms. The fraction of sp³-hybridized carbons (Fsp3) is 0.273. The lowest BCUT2D eigenvalue weighted by molar-refractivity contribution is 0.288. The molecule has 0 saturated carbocycles. The lowest BCUT2D eigenvalue weighted by Crippen LogP contribution is -1.95. The number of benzene rings is 1. The molecule has 0 spiro atoms. The number of aliphatic hydroxyl groups is 1. The molecule has 1 aromatic heterocycles. The molecule has 6 heteroatoms. The summed E-state index contributed by atoms with van der Waals surface area (Å²) in [6.07, 6.45) is 3.27. The number of aryl methyl sites for hydroxylation is 1. The van der Waals surface area contributed by atoms with E-state index in [1.54, 1.807) is 10.7 Å². The van der Waals surface area contributed by atoms with Crippen molar-refractivity contribution < 1.29 is 5.11 Å². The molecule has 1 aromatic carbocycles. The number of hydrogen-bond donors (Lipinski definition) is 1. The van der Waals surface area contributed by atoms with Gasteiger partial charge in [-0.2, -0.15) is 0 Å². The van der Waals surface area contributed by atoms with Gasteiger partial charge in [0.2, 0.25) is 0 Å². The lowest BCUT2D eigenvalue weighted by Gasteiger charge is -2.03. The monoisotopic (exact) mass is 315 g/mol. The second kappa shape index (κ2) is 5.62. The predicted molar refractivity (Wildman–Crippen MR) is 69.5 cm³/mol. The fourth-order valence-corrected chi connectivity index (χ4v) is 2.32. The largest absolute Gasteiger partial charge is 0.396 e. The van der Waals surface area contributed by atoms with E-state index < -0.39 is 0 Å². The van der Waals surface area contributed by atoms with Crippen molar-refractivity contribution in [2.45, 2.75) is 12.8 Å². The summed E-state index contributed by atoms with van der Waals surface area (Å²) in [4.78, 5) is 0. The Hall–Kier alpha value is -0.910.